The molecule has 1 heterocycles. The highest BCUT2D eigenvalue weighted by atomic mass is 32.2. The lowest BCUT2D eigenvalue weighted by atomic mass is 10.2. The third-order valence-electron chi connectivity index (χ3n) is 5.47. The van der Waals surface area contributed by atoms with Crippen LogP contribution in [-0.2, 0) is 29.4 Å². The lowest BCUT2D eigenvalue weighted by Crippen LogP contribution is -2.40. The number of benzene rings is 2. The first-order chi connectivity index (χ1) is 15.9. The number of rotatable bonds is 8. The number of hydrogen-bond donors (Lipinski definition) is 1. The van der Waals surface area contributed by atoms with Crippen molar-refractivity contribution in [3.8, 4) is 5.75 Å². The molecule has 1 amide bonds. The van der Waals surface area contributed by atoms with Crippen molar-refractivity contribution in [3.05, 3.63) is 53.6 Å². The average Bonchev–Trinajstić information content (AvgIpc) is 3.17. The largest absolute Gasteiger partial charge is 0.495 e. The summed E-state index contributed by atoms with van der Waals surface area (Å²) in [7, 11) is -4.53. The molecule has 0 aromatic heterocycles. The minimum absolute atomic E-state index is 0.00873. The summed E-state index contributed by atoms with van der Waals surface area (Å²) in [4.78, 5) is 25.9. The Balaban J connectivity index is 1.72. The quantitative estimate of drug-likeness (QED) is 0.529. The molecule has 2 aromatic carbocycles. The molecule has 2 aromatic rings. The van der Waals surface area contributed by atoms with E-state index in [-0.39, 0.29) is 27.7 Å². The number of sulfonamides is 1. The van der Waals surface area contributed by atoms with Gasteiger partial charge >= 0.3 is 5.97 Å². The maximum absolute atomic E-state index is 12.9. The fourth-order valence-corrected chi connectivity index (χ4v) is 6.47. The maximum Gasteiger partial charge on any atom is 0.338 e. The number of esters is 1. The number of amides is 1. The maximum atomic E-state index is 12.9. The van der Waals surface area contributed by atoms with Crippen molar-refractivity contribution in [2.75, 3.05) is 37.0 Å². The number of nitrogens with zero attached hydrogens (tertiary/aromatic N) is 1. The fraction of sp³-hybridized carbons (Fsp3) is 0.364. The van der Waals surface area contributed by atoms with Crippen molar-refractivity contribution in [2.24, 2.45) is 0 Å². The molecule has 1 aliphatic rings. The predicted molar refractivity (Wildman–Crippen MR) is 125 cm³/mol. The molecule has 1 N–H and O–H groups in total. The van der Waals surface area contributed by atoms with Crippen molar-refractivity contribution in [2.45, 2.75) is 24.3 Å². The van der Waals surface area contributed by atoms with Crippen LogP contribution in [0.4, 0.5) is 5.69 Å². The van der Waals surface area contributed by atoms with Crippen LogP contribution >= 0.6 is 0 Å². The van der Waals surface area contributed by atoms with Gasteiger partial charge in [-0.05, 0) is 43.7 Å². The van der Waals surface area contributed by atoms with E-state index in [4.69, 9.17) is 9.47 Å². The van der Waals surface area contributed by atoms with E-state index >= 15 is 0 Å². The Bertz CT molecular complexity index is 1290. The van der Waals surface area contributed by atoms with Crippen LogP contribution < -0.4 is 9.46 Å². The van der Waals surface area contributed by atoms with Crippen molar-refractivity contribution in [1.82, 2.24) is 4.90 Å². The molecule has 1 atom stereocenters. The Morgan fingerprint density at radius 2 is 1.82 bits per heavy atom. The Hall–Kier alpha value is -3.12. The number of hydrogen-bond acceptors (Lipinski definition) is 8. The molecular formula is C22H26N2O8S2. The van der Waals surface area contributed by atoms with Crippen LogP contribution in [-0.4, -0.2) is 71.9 Å². The molecule has 34 heavy (non-hydrogen) atoms. The third-order valence-corrected chi connectivity index (χ3v) is 8.62. The Morgan fingerprint density at radius 3 is 2.41 bits per heavy atom. The number of aryl methyl sites for hydroxylation is 1. The van der Waals surface area contributed by atoms with Crippen molar-refractivity contribution in [3.63, 3.8) is 0 Å². The van der Waals surface area contributed by atoms with Gasteiger partial charge in [-0.1, -0.05) is 17.7 Å². The molecule has 0 aliphatic carbocycles. The first-order valence-electron chi connectivity index (χ1n) is 10.3. The standard InChI is InChI=1S/C22H26N2O8S2/c1-15-4-7-17(8-5-15)23-34(29,30)20-12-16(6-9-19(20)31-3)22(26)32-13-21(25)24(2)18-10-11-33(27,28)14-18/h4-9,12,18,23H,10-11,13-14H2,1-3H3. The third kappa shape index (κ3) is 6.06. The second-order valence-corrected chi connectivity index (χ2v) is 11.9. The Kier molecular flexibility index (Phi) is 7.51. The van der Waals surface area contributed by atoms with Gasteiger partial charge in [0.1, 0.15) is 10.6 Å². The minimum Gasteiger partial charge on any atom is -0.495 e. The molecule has 1 saturated heterocycles. The van der Waals surface area contributed by atoms with Gasteiger partial charge in [0, 0.05) is 18.8 Å². The highest BCUT2D eigenvalue weighted by molar-refractivity contribution is 7.92. The minimum atomic E-state index is -4.11. The molecule has 1 aliphatic heterocycles. The number of methoxy groups -OCH3 is 1. The van der Waals surface area contributed by atoms with Gasteiger partial charge in [-0.3, -0.25) is 9.52 Å². The van der Waals surface area contributed by atoms with Crippen LogP contribution in [0.15, 0.2) is 47.4 Å². The SMILES string of the molecule is COc1ccc(C(=O)OCC(=O)N(C)C2CCS(=O)(=O)C2)cc1S(=O)(=O)Nc1ccc(C)cc1. The number of carbonyl (C=O) groups excluding carboxylic acids is 2. The summed E-state index contributed by atoms with van der Waals surface area (Å²) in [5.41, 5.74) is 1.20. The van der Waals surface area contributed by atoms with Crippen molar-refractivity contribution in [1.29, 1.82) is 0 Å². The van der Waals surface area contributed by atoms with Crippen molar-refractivity contribution < 1.29 is 35.9 Å². The van der Waals surface area contributed by atoms with Crippen LogP contribution in [0, 0.1) is 6.92 Å². The van der Waals surface area contributed by atoms with Crippen LogP contribution in [0.25, 0.3) is 0 Å². The molecular weight excluding hydrogens is 484 g/mol. The molecule has 1 fully saturated rings. The lowest BCUT2D eigenvalue weighted by molar-refractivity contribution is -0.134. The van der Waals surface area contributed by atoms with Crippen molar-refractivity contribution >= 4 is 37.4 Å². The molecule has 0 spiro atoms. The highest BCUT2D eigenvalue weighted by Gasteiger charge is 2.33. The number of anilines is 1. The van der Waals surface area contributed by atoms with E-state index in [0.29, 0.717) is 12.1 Å². The zero-order valence-corrected chi connectivity index (χ0v) is 20.6. The Labute approximate surface area is 198 Å². The number of carbonyl (C=O) groups is 2. The summed E-state index contributed by atoms with van der Waals surface area (Å²) in [6.07, 6.45) is 0.326. The predicted octanol–water partition coefficient (Wildman–Crippen LogP) is 1.61. The Morgan fingerprint density at radius 1 is 1.15 bits per heavy atom. The van der Waals surface area contributed by atoms with E-state index < -0.39 is 44.4 Å². The first-order valence-corrected chi connectivity index (χ1v) is 13.6. The van der Waals surface area contributed by atoms with Gasteiger partial charge in [0.05, 0.1) is 24.2 Å². The highest BCUT2D eigenvalue weighted by Crippen LogP contribution is 2.27. The van der Waals surface area contributed by atoms with Crippen LogP contribution in [0.1, 0.15) is 22.3 Å². The summed E-state index contributed by atoms with van der Waals surface area (Å²) in [6.45, 7) is 1.26. The van der Waals surface area contributed by atoms with Crippen LogP contribution in [0.3, 0.4) is 0 Å². The van der Waals surface area contributed by atoms with E-state index in [2.05, 4.69) is 4.72 Å². The number of nitrogens with one attached hydrogen (secondary N) is 1. The van der Waals surface area contributed by atoms with E-state index in [1.54, 1.807) is 24.3 Å². The zero-order chi connectivity index (χ0) is 25.1. The summed E-state index contributed by atoms with van der Waals surface area (Å²) in [5, 5.41) is 0. The van der Waals surface area contributed by atoms with E-state index in [0.717, 1.165) is 11.6 Å². The second kappa shape index (κ2) is 10.0. The van der Waals surface area contributed by atoms with Gasteiger partial charge in [-0.2, -0.15) is 0 Å². The average molecular weight is 511 g/mol. The molecule has 3 rings (SSSR count). The molecule has 10 nitrogen and oxygen atoms in total. The summed E-state index contributed by atoms with van der Waals surface area (Å²) in [5.74, 6) is -1.56. The molecule has 0 radical (unpaired) electrons. The zero-order valence-electron chi connectivity index (χ0n) is 19.0. The molecule has 0 saturated carbocycles. The van der Waals surface area contributed by atoms with Gasteiger partial charge in [-0.25, -0.2) is 21.6 Å². The topological polar surface area (TPSA) is 136 Å². The normalized spacial score (nSPS) is 17.1. The molecule has 184 valence electrons. The van der Waals surface area contributed by atoms with Gasteiger partial charge in [0.15, 0.2) is 16.4 Å². The van der Waals surface area contributed by atoms with Gasteiger partial charge in [-0.15, -0.1) is 0 Å². The number of likely N-dealkylation sites (N-methyl/N-ethyl adjacent to an activating group) is 1. The summed E-state index contributed by atoms with van der Waals surface area (Å²) < 4.78 is 61.8. The molecule has 1 unspecified atom stereocenters. The summed E-state index contributed by atoms with van der Waals surface area (Å²) >= 11 is 0. The van der Waals surface area contributed by atoms with Gasteiger partial charge in [0.2, 0.25) is 0 Å². The van der Waals surface area contributed by atoms with Gasteiger partial charge < -0.3 is 14.4 Å². The first kappa shape index (κ1) is 25.5. The monoisotopic (exact) mass is 510 g/mol. The smallest absolute Gasteiger partial charge is 0.338 e. The fourth-order valence-electron chi connectivity index (χ4n) is 3.44. The van der Waals surface area contributed by atoms with E-state index in [1.165, 1.54) is 31.2 Å². The summed E-state index contributed by atoms with van der Waals surface area (Å²) in [6, 6.07) is 9.98. The van der Waals surface area contributed by atoms with Gasteiger partial charge in [0.25, 0.3) is 15.9 Å². The number of sulfone groups is 1. The van der Waals surface area contributed by atoms with Crippen LogP contribution in [0.2, 0.25) is 0 Å². The lowest BCUT2D eigenvalue weighted by Gasteiger charge is -2.23. The van der Waals surface area contributed by atoms with E-state index in [1.807, 2.05) is 6.92 Å². The van der Waals surface area contributed by atoms with E-state index in [9.17, 15) is 26.4 Å². The molecule has 12 heteroatoms. The molecule has 0 bridgehead atoms. The number of ether oxygens (including phenoxy) is 2. The second-order valence-electron chi connectivity index (χ2n) is 7.97. The van der Waals surface area contributed by atoms with Crippen LogP contribution in [0.5, 0.6) is 5.75 Å².